The van der Waals surface area contributed by atoms with E-state index < -0.39 is 27.4 Å². The quantitative estimate of drug-likeness (QED) is 0.298. The van der Waals surface area contributed by atoms with Crippen LogP contribution in [0.4, 0.5) is 10.1 Å². The zero-order valence-corrected chi connectivity index (χ0v) is 26.2. The Kier molecular flexibility index (Phi) is 10.9. The van der Waals surface area contributed by atoms with Crippen molar-refractivity contribution in [2.45, 2.75) is 72.0 Å². The lowest BCUT2D eigenvalue weighted by molar-refractivity contribution is -0.142. The van der Waals surface area contributed by atoms with Gasteiger partial charge in [0.1, 0.15) is 11.9 Å². The normalized spacial score (nSPS) is 12.5. The molecule has 3 aromatic rings. The van der Waals surface area contributed by atoms with E-state index in [1.165, 1.54) is 15.3 Å². The minimum Gasteiger partial charge on any atom is -0.350 e. The number of carbonyl (C=O) groups excluding carboxylic acids is 2. The van der Waals surface area contributed by atoms with Gasteiger partial charge in [-0.1, -0.05) is 60.7 Å². The summed E-state index contributed by atoms with van der Waals surface area (Å²) in [4.78, 5) is 29.0. The Morgan fingerprint density at radius 3 is 2.19 bits per heavy atom. The molecule has 0 saturated heterocycles. The van der Waals surface area contributed by atoms with Crippen LogP contribution in [0.5, 0.6) is 0 Å². The van der Waals surface area contributed by atoms with Crippen LogP contribution in [0.25, 0.3) is 0 Å². The summed E-state index contributed by atoms with van der Waals surface area (Å²) in [6.07, 6.45) is 1.57. The Morgan fingerprint density at radius 1 is 0.929 bits per heavy atom. The number of carbonyl (C=O) groups is 2. The largest absolute Gasteiger partial charge is 0.350 e. The van der Waals surface area contributed by atoms with Gasteiger partial charge in [-0.2, -0.15) is 0 Å². The lowest BCUT2D eigenvalue weighted by atomic mass is 10.00. The summed E-state index contributed by atoms with van der Waals surface area (Å²) >= 11 is 0. The number of benzene rings is 3. The molecule has 226 valence electrons. The average molecular weight is 596 g/mol. The van der Waals surface area contributed by atoms with E-state index in [1.807, 2.05) is 71.0 Å². The van der Waals surface area contributed by atoms with Crippen molar-refractivity contribution < 1.29 is 22.4 Å². The molecule has 9 heteroatoms. The van der Waals surface area contributed by atoms with E-state index in [0.29, 0.717) is 11.3 Å². The smallest absolute Gasteiger partial charge is 0.243 e. The van der Waals surface area contributed by atoms with Gasteiger partial charge in [-0.25, -0.2) is 12.8 Å². The van der Waals surface area contributed by atoms with E-state index in [9.17, 15) is 22.4 Å². The molecule has 3 rings (SSSR count). The molecule has 0 aliphatic carbocycles. The summed E-state index contributed by atoms with van der Waals surface area (Å²) in [6.45, 7) is 9.35. The second-order valence-corrected chi connectivity index (χ2v) is 13.6. The molecule has 1 atom stereocenters. The van der Waals surface area contributed by atoms with Crippen molar-refractivity contribution in [3.8, 4) is 0 Å². The standard InChI is InChI=1S/C33H42FN3O4S/c1-24-14-12-19-29(25(24)2)37(42(6,40)41)21-13-20-31(38)36(23-27-17-10-11-18-28(27)34)30(32(39)35-33(3,4)5)22-26-15-8-7-9-16-26/h7-12,14-19,30H,13,20-23H2,1-6H3,(H,35,39). The fourth-order valence-corrected chi connectivity index (χ4v) is 5.82. The van der Waals surface area contributed by atoms with Gasteiger partial charge in [-0.3, -0.25) is 13.9 Å². The zero-order chi connectivity index (χ0) is 31.1. The monoisotopic (exact) mass is 595 g/mol. The number of amides is 2. The second kappa shape index (κ2) is 14.0. The molecular weight excluding hydrogens is 553 g/mol. The Hall–Kier alpha value is -3.72. The first-order valence-electron chi connectivity index (χ1n) is 14.1. The van der Waals surface area contributed by atoms with Crippen molar-refractivity contribution >= 4 is 27.5 Å². The van der Waals surface area contributed by atoms with Crippen molar-refractivity contribution in [2.24, 2.45) is 0 Å². The van der Waals surface area contributed by atoms with Crippen LogP contribution in [0.1, 0.15) is 55.9 Å². The van der Waals surface area contributed by atoms with E-state index in [2.05, 4.69) is 5.32 Å². The van der Waals surface area contributed by atoms with Crippen LogP contribution < -0.4 is 9.62 Å². The minimum atomic E-state index is -3.63. The predicted molar refractivity (Wildman–Crippen MR) is 166 cm³/mol. The number of nitrogens with zero attached hydrogens (tertiary/aromatic N) is 2. The van der Waals surface area contributed by atoms with Crippen LogP contribution in [0.15, 0.2) is 72.8 Å². The molecule has 42 heavy (non-hydrogen) atoms. The van der Waals surface area contributed by atoms with E-state index in [1.54, 1.807) is 30.3 Å². The van der Waals surface area contributed by atoms with Crippen LogP contribution in [0.2, 0.25) is 0 Å². The van der Waals surface area contributed by atoms with Gasteiger partial charge in [0.25, 0.3) is 0 Å². The lowest BCUT2D eigenvalue weighted by Crippen LogP contribution is -2.54. The molecule has 7 nitrogen and oxygen atoms in total. The van der Waals surface area contributed by atoms with Gasteiger partial charge in [0.2, 0.25) is 21.8 Å². The highest BCUT2D eigenvalue weighted by molar-refractivity contribution is 7.92. The predicted octanol–water partition coefficient (Wildman–Crippen LogP) is 5.54. The van der Waals surface area contributed by atoms with Gasteiger partial charge >= 0.3 is 0 Å². The van der Waals surface area contributed by atoms with Gasteiger partial charge in [0.05, 0.1) is 11.9 Å². The molecule has 0 fully saturated rings. The highest BCUT2D eigenvalue weighted by atomic mass is 32.2. The lowest BCUT2D eigenvalue weighted by Gasteiger charge is -2.34. The Labute approximate surface area is 249 Å². The summed E-state index contributed by atoms with van der Waals surface area (Å²) in [5.41, 5.74) is 2.97. The Bertz CT molecular complexity index is 1490. The van der Waals surface area contributed by atoms with Gasteiger partial charge in [-0.05, 0) is 69.9 Å². The van der Waals surface area contributed by atoms with E-state index in [0.717, 1.165) is 22.9 Å². The highest BCUT2D eigenvalue weighted by Gasteiger charge is 2.32. The Morgan fingerprint density at radius 2 is 1.57 bits per heavy atom. The summed E-state index contributed by atoms with van der Waals surface area (Å²) in [6, 6.07) is 20.1. The Balaban J connectivity index is 1.93. The topological polar surface area (TPSA) is 86.8 Å². The maximum atomic E-state index is 14.8. The molecule has 1 N–H and O–H groups in total. The number of rotatable bonds is 12. The van der Waals surface area contributed by atoms with Crippen molar-refractivity contribution in [2.75, 3.05) is 17.1 Å². The molecule has 0 aliphatic heterocycles. The number of aryl methyl sites for hydroxylation is 1. The fourth-order valence-electron chi connectivity index (χ4n) is 4.81. The van der Waals surface area contributed by atoms with Crippen molar-refractivity contribution in [1.82, 2.24) is 10.2 Å². The molecule has 0 heterocycles. The second-order valence-electron chi connectivity index (χ2n) is 11.7. The highest BCUT2D eigenvalue weighted by Crippen LogP contribution is 2.26. The number of hydrogen-bond acceptors (Lipinski definition) is 4. The van der Waals surface area contributed by atoms with Crippen LogP contribution in [0.3, 0.4) is 0 Å². The van der Waals surface area contributed by atoms with Gasteiger partial charge in [-0.15, -0.1) is 0 Å². The SMILES string of the molecule is Cc1cccc(N(CCCC(=O)N(Cc2ccccc2F)C(Cc2ccccc2)C(=O)NC(C)(C)C)S(C)(=O)=O)c1C. The number of halogens is 1. The maximum Gasteiger partial charge on any atom is 0.243 e. The van der Waals surface area contributed by atoms with Crippen molar-refractivity contribution in [1.29, 1.82) is 0 Å². The van der Waals surface area contributed by atoms with E-state index in [-0.39, 0.29) is 44.2 Å². The zero-order valence-electron chi connectivity index (χ0n) is 25.4. The maximum absolute atomic E-state index is 14.8. The molecule has 0 radical (unpaired) electrons. The number of sulfonamides is 1. The fraction of sp³-hybridized carbons (Fsp3) is 0.394. The molecular formula is C33H42FN3O4S. The third-order valence-electron chi connectivity index (χ3n) is 7.06. The first kappa shape index (κ1) is 32.8. The average Bonchev–Trinajstić information content (AvgIpc) is 2.90. The van der Waals surface area contributed by atoms with E-state index in [4.69, 9.17) is 0 Å². The molecule has 0 saturated carbocycles. The summed E-state index contributed by atoms with van der Waals surface area (Å²) in [5.74, 6) is -1.18. The third kappa shape index (κ3) is 9.14. The molecule has 1 unspecified atom stereocenters. The van der Waals surface area contributed by atoms with Crippen molar-refractivity contribution in [3.63, 3.8) is 0 Å². The van der Waals surface area contributed by atoms with Crippen LogP contribution in [0, 0.1) is 19.7 Å². The van der Waals surface area contributed by atoms with Crippen LogP contribution >= 0.6 is 0 Å². The number of anilines is 1. The van der Waals surface area contributed by atoms with E-state index >= 15 is 0 Å². The minimum absolute atomic E-state index is 0.0283. The first-order valence-corrected chi connectivity index (χ1v) is 15.9. The van der Waals surface area contributed by atoms with Crippen molar-refractivity contribution in [3.05, 3.63) is 101 Å². The van der Waals surface area contributed by atoms with Crippen LogP contribution in [-0.2, 0) is 32.6 Å². The summed E-state index contributed by atoms with van der Waals surface area (Å²) in [7, 11) is -3.63. The summed E-state index contributed by atoms with van der Waals surface area (Å²) < 4.78 is 41.6. The number of nitrogens with one attached hydrogen (secondary N) is 1. The molecule has 0 spiro atoms. The summed E-state index contributed by atoms with van der Waals surface area (Å²) in [5, 5.41) is 2.99. The molecule has 0 aromatic heterocycles. The number of hydrogen-bond donors (Lipinski definition) is 1. The first-order chi connectivity index (χ1) is 19.7. The molecule has 0 bridgehead atoms. The molecule has 2 amide bonds. The van der Waals surface area contributed by atoms with Gasteiger partial charge in [0.15, 0.2) is 0 Å². The molecule has 0 aliphatic rings. The third-order valence-corrected chi connectivity index (χ3v) is 8.24. The molecule has 3 aromatic carbocycles. The van der Waals surface area contributed by atoms with Gasteiger partial charge < -0.3 is 10.2 Å². The van der Waals surface area contributed by atoms with Gasteiger partial charge in [0, 0.05) is 37.0 Å². The van der Waals surface area contributed by atoms with Crippen LogP contribution in [-0.4, -0.2) is 49.5 Å².